The van der Waals surface area contributed by atoms with Crippen LogP contribution in [0.5, 0.6) is 0 Å². The highest BCUT2D eigenvalue weighted by atomic mass is 35.5. The van der Waals surface area contributed by atoms with Gasteiger partial charge in [0, 0.05) is 19.0 Å². The molecule has 0 N–H and O–H groups in total. The van der Waals surface area contributed by atoms with Crippen LogP contribution in [0.15, 0.2) is 18.2 Å². The quantitative estimate of drug-likeness (QED) is 0.722. The molecule has 28 heavy (non-hydrogen) atoms. The molecular weight excluding hydrogens is 385 g/mol. The van der Waals surface area contributed by atoms with Gasteiger partial charge < -0.3 is 4.90 Å². The van der Waals surface area contributed by atoms with E-state index in [2.05, 4.69) is 0 Å². The predicted octanol–water partition coefficient (Wildman–Crippen LogP) is 2.45. The molecule has 1 atom stereocenters. The van der Waals surface area contributed by atoms with E-state index in [1.165, 1.54) is 12.1 Å². The minimum Gasteiger partial charge on any atom is -0.342 e. The number of imide groups is 1. The summed E-state index contributed by atoms with van der Waals surface area (Å²) in [6, 6.07) is 3.32. The molecule has 3 aliphatic heterocycles. The molecule has 0 saturated carbocycles. The van der Waals surface area contributed by atoms with E-state index < -0.39 is 11.9 Å². The Morgan fingerprint density at radius 1 is 1.07 bits per heavy atom. The third kappa shape index (κ3) is 3.53. The number of carbonyl (C=O) groups is 3. The molecule has 3 fully saturated rings. The average Bonchev–Trinajstić information content (AvgIpc) is 3.32. The maximum absolute atomic E-state index is 13.4. The van der Waals surface area contributed by atoms with Crippen molar-refractivity contribution in [1.82, 2.24) is 9.80 Å². The topological polar surface area (TPSA) is 60.9 Å². The van der Waals surface area contributed by atoms with Crippen molar-refractivity contribution in [2.24, 2.45) is 5.92 Å². The smallest absolute Gasteiger partial charge is 0.251 e. The minimum atomic E-state index is -0.592. The van der Waals surface area contributed by atoms with Crippen molar-refractivity contribution in [2.45, 2.75) is 38.1 Å². The lowest BCUT2D eigenvalue weighted by Crippen LogP contribution is -2.48. The van der Waals surface area contributed by atoms with Crippen LogP contribution in [0.25, 0.3) is 0 Å². The molecule has 1 aromatic carbocycles. The zero-order chi connectivity index (χ0) is 19.8. The van der Waals surface area contributed by atoms with E-state index >= 15 is 0 Å². The number of rotatable bonds is 3. The summed E-state index contributed by atoms with van der Waals surface area (Å²) in [6.07, 6.45) is 3.66. The van der Waals surface area contributed by atoms with Crippen LogP contribution in [-0.2, 0) is 14.4 Å². The second kappa shape index (κ2) is 7.79. The molecule has 6 nitrogen and oxygen atoms in total. The van der Waals surface area contributed by atoms with Crippen molar-refractivity contribution in [2.75, 3.05) is 31.1 Å². The summed E-state index contributed by atoms with van der Waals surface area (Å²) in [5, 5.41) is -0.122. The predicted molar refractivity (Wildman–Crippen MR) is 102 cm³/mol. The normalized spacial score (nSPS) is 24.4. The summed E-state index contributed by atoms with van der Waals surface area (Å²) in [7, 11) is 0. The zero-order valence-corrected chi connectivity index (χ0v) is 16.3. The molecule has 0 aliphatic carbocycles. The van der Waals surface area contributed by atoms with E-state index in [-0.39, 0.29) is 35.1 Å². The Balaban J connectivity index is 1.40. The Hall–Kier alpha value is -1.99. The Morgan fingerprint density at radius 3 is 2.39 bits per heavy atom. The van der Waals surface area contributed by atoms with Crippen LogP contribution in [0, 0.1) is 11.7 Å². The average molecular weight is 408 g/mol. The number of anilines is 1. The lowest BCUT2D eigenvalue weighted by molar-refractivity contribution is -0.136. The summed E-state index contributed by atoms with van der Waals surface area (Å²) < 4.78 is 13.4. The van der Waals surface area contributed by atoms with Gasteiger partial charge in [0.2, 0.25) is 11.8 Å². The van der Waals surface area contributed by atoms with Crippen LogP contribution in [-0.4, -0.2) is 59.7 Å². The highest BCUT2D eigenvalue weighted by Gasteiger charge is 2.44. The van der Waals surface area contributed by atoms with Gasteiger partial charge in [-0.05, 0) is 57.0 Å². The lowest BCUT2D eigenvalue weighted by Gasteiger charge is -2.35. The van der Waals surface area contributed by atoms with Gasteiger partial charge in [-0.15, -0.1) is 0 Å². The number of benzene rings is 1. The number of carbonyl (C=O) groups excluding carboxylic acids is 3. The van der Waals surface area contributed by atoms with Gasteiger partial charge in [-0.25, -0.2) is 9.29 Å². The van der Waals surface area contributed by atoms with Crippen molar-refractivity contribution in [3.8, 4) is 0 Å². The molecule has 1 unspecified atom stereocenters. The summed E-state index contributed by atoms with van der Waals surface area (Å²) in [6.45, 7) is 2.94. The van der Waals surface area contributed by atoms with E-state index in [4.69, 9.17) is 11.6 Å². The molecule has 0 spiro atoms. The highest BCUT2D eigenvalue weighted by molar-refractivity contribution is 6.31. The first kappa shape index (κ1) is 19.3. The van der Waals surface area contributed by atoms with Gasteiger partial charge in [-0.2, -0.15) is 0 Å². The van der Waals surface area contributed by atoms with E-state index in [1.807, 2.05) is 9.80 Å². The van der Waals surface area contributed by atoms with Crippen molar-refractivity contribution in [3.05, 3.63) is 29.0 Å². The van der Waals surface area contributed by atoms with Crippen LogP contribution in [0.2, 0.25) is 5.02 Å². The number of halogens is 2. The van der Waals surface area contributed by atoms with Gasteiger partial charge in [-0.3, -0.25) is 19.3 Å². The first-order chi connectivity index (χ1) is 13.5. The van der Waals surface area contributed by atoms with Crippen molar-refractivity contribution >= 4 is 35.0 Å². The molecule has 150 valence electrons. The molecule has 3 saturated heterocycles. The number of nitrogens with zero attached hydrogens (tertiary/aromatic N) is 3. The largest absolute Gasteiger partial charge is 0.342 e. The first-order valence-corrected chi connectivity index (χ1v) is 10.2. The molecule has 0 bridgehead atoms. The van der Waals surface area contributed by atoms with Gasteiger partial charge in [0.25, 0.3) is 5.91 Å². The Labute approximate surface area is 168 Å². The standard InChI is InChI=1S/C20H23ClFN3O3/c21-15-11-14(3-4-16(15)22)25-18(26)12-17(20(25)28)23-9-5-13(6-10-23)19(27)24-7-1-2-8-24/h3-4,11,13,17H,1-2,5-10,12H2. The van der Waals surface area contributed by atoms with Crippen LogP contribution < -0.4 is 4.90 Å². The lowest BCUT2D eigenvalue weighted by atomic mass is 9.94. The SMILES string of the molecule is O=C(C1CCN(C2CC(=O)N(c3ccc(F)c(Cl)c3)C2=O)CC1)N1CCCC1. The fourth-order valence-electron chi connectivity index (χ4n) is 4.45. The highest BCUT2D eigenvalue weighted by Crippen LogP contribution is 2.31. The van der Waals surface area contributed by atoms with Crippen molar-refractivity contribution < 1.29 is 18.8 Å². The summed E-state index contributed by atoms with van der Waals surface area (Å²) >= 11 is 5.80. The maximum Gasteiger partial charge on any atom is 0.251 e. The molecule has 4 rings (SSSR count). The molecular formula is C20H23ClFN3O3. The third-order valence-corrected chi connectivity index (χ3v) is 6.31. The number of likely N-dealkylation sites (tertiary alicyclic amines) is 2. The molecule has 1 aromatic rings. The van der Waals surface area contributed by atoms with Crippen molar-refractivity contribution in [1.29, 1.82) is 0 Å². The van der Waals surface area contributed by atoms with Crippen LogP contribution >= 0.6 is 11.6 Å². The summed E-state index contributed by atoms with van der Waals surface area (Å²) in [5.74, 6) is -0.974. The van der Waals surface area contributed by atoms with Gasteiger partial charge in [0.1, 0.15) is 5.82 Å². The third-order valence-electron chi connectivity index (χ3n) is 6.02. The van der Waals surface area contributed by atoms with Crippen molar-refractivity contribution in [3.63, 3.8) is 0 Å². The molecule has 0 aromatic heterocycles. The fourth-order valence-corrected chi connectivity index (χ4v) is 4.63. The number of hydrogen-bond acceptors (Lipinski definition) is 4. The molecule has 3 heterocycles. The zero-order valence-electron chi connectivity index (χ0n) is 15.6. The summed E-state index contributed by atoms with van der Waals surface area (Å²) in [5.41, 5.74) is 0.294. The van der Waals surface area contributed by atoms with Crippen LogP contribution in [0.3, 0.4) is 0 Å². The fraction of sp³-hybridized carbons (Fsp3) is 0.550. The summed E-state index contributed by atoms with van der Waals surface area (Å²) in [4.78, 5) is 43.0. The molecule has 3 amide bonds. The number of amides is 3. The molecule has 8 heteroatoms. The maximum atomic E-state index is 13.4. The van der Waals surface area contributed by atoms with Crippen LogP contribution in [0.1, 0.15) is 32.1 Å². The molecule has 3 aliphatic rings. The second-order valence-corrected chi connectivity index (χ2v) is 8.14. The van der Waals surface area contributed by atoms with E-state index in [0.717, 1.165) is 36.9 Å². The number of hydrogen-bond donors (Lipinski definition) is 0. The van der Waals surface area contributed by atoms with Gasteiger partial charge >= 0.3 is 0 Å². The Kier molecular flexibility index (Phi) is 5.38. The number of piperidine rings is 1. The van der Waals surface area contributed by atoms with E-state index in [1.54, 1.807) is 0 Å². The minimum absolute atomic E-state index is 0.00793. The van der Waals surface area contributed by atoms with E-state index in [9.17, 15) is 18.8 Å². The van der Waals surface area contributed by atoms with Gasteiger partial charge in [0.15, 0.2) is 0 Å². The monoisotopic (exact) mass is 407 g/mol. The van der Waals surface area contributed by atoms with Crippen LogP contribution in [0.4, 0.5) is 10.1 Å². The molecule has 0 radical (unpaired) electrons. The second-order valence-electron chi connectivity index (χ2n) is 7.73. The van der Waals surface area contributed by atoms with Gasteiger partial charge in [-0.1, -0.05) is 11.6 Å². The van der Waals surface area contributed by atoms with E-state index in [0.29, 0.717) is 31.6 Å². The Morgan fingerprint density at radius 2 is 1.75 bits per heavy atom. The first-order valence-electron chi connectivity index (χ1n) is 9.80. The van der Waals surface area contributed by atoms with Gasteiger partial charge in [0.05, 0.1) is 23.2 Å². The Bertz CT molecular complexity index is 804.